The maximum atomic E-state index is 11.5. The zero-order valence-corrected chi connectivity index (χ0v) is 11.9. The first-order valence-electron chi connectivity index (χ1n) is 6.57. The van der Waals surface area contributed by atoms with E-state index in [0.717, 1.165) is 13.0 Å². The molecule has 3 heteroatoms. The fourth-order valence-corrected chi connectivity index (χ4v) is 1.92. The SMILES string of the molecule is CC(C)CO[C@@H]1C[C@@H](OC(=O)C(C)C)C1(C)C. The standard InChI is InChI=1S/C14H26O3/c1-9(2)8-16-11-7-12(14(11,5)6)17-13(15)10(3)4/h9-12H,7-8H2,1-6H3/t11-,12-/m1/s1. The first-order chi connectivity index (χ1) is 7.75. The van der Waals surface area contributed by atoms with Crippen molar-refractivity contribution in [1.82, 2.24) is 0 Å². The van der Waals surface area contributed by atoms with Gasteiger partial charge in [0.15, 0.2) is 0 Å². The largest absolute Gasteiger partial charge is 0.461 e. The van der Waals surface area contributed by atoms with Crippen LogP contribution in [0.15, 0.2) is 0 Å². The molecule has 1 aliphatic rings. The highest BCUT2D eigenvalue weighted by Crippen LogP contribution is 2.45. The highest BCUT2D eigenvalue weighted by atomic mass is 16.6. The lowest BCUT2D eigenvalue weighted by Gasteiger charge is -2.50. The van der Waals surface area contributed by atoms with Gasteiger partial charge in [-0.3, -0.25) is 4.79 Å². The Balaban J connectivity index is 2.41. The lowest BCUT2D eigenvalue weighted by Crippen LogP contribution is -2.56. The van der Waals surface area contributed by atoms with Gasteiger partial charge in [0.25, 0.3) is 0 Å². The van der Waals surface area contributed by atoms with Crippen molar-refractivity contribution in [3.63, 3.8) is 0 Å². The van der Waals surface area contributed by atoms with Crippen LogP contribution in [0.2, 0.25) is 0 Å². The van der Waals surface area contributed by atoms with Crippen LogP contribution in [0.25, 0.3) is 0 Å². The quantitative estimate of drug-likeness (QED) is 0.695. The Hall–Kier alpha value is -0.570. The summed E-state index contributed by atoms with van der Waals surface area (Å²) in [5.41, 5.74) is -0.0561. The Kier molecular flexibility index (Phi) is 4.59. The number of carbonyl (C=O) groups is 1. The molecular formula is C14H26O3. The molecular weight excluding hydrogens is 216 g/mol. The van der Waals surface area contributed by atoms with E-state index in [1.54, 1.807) is 0 Å². The number of esters is 1. The topological polar surface area (TPSA) is 35.5 Å². The van der Waals surface area contributed by atoms with Gasteiger partial charge in [0, 0.05) is 18.4 Å². The van der Waals surface area contributed by atoms with Gasteiger partial charge in [0.2, 0.25) is 0 Å². The van der Waals surface area contributed by atoms with Gasteiger partial charge in [-0.15, -0.1) is 0 Å². The van der Waals surface area contributed by atoms with Gasteiger partial charge in [0.1, 0.15) is 6.10 Å². The van der Waals surface area contributed by atoms with Crippen LogP contribution in [0, 0.1) is 17.3 Å². The summed E-state index contributed by atoms with van der Waals surface area (Å²) in [6.45, 7) is 13.0. The molecule has 0 bridgehead atoms. The minimum atomic E-state index is -0.106. The molecule has 0 saturated heterocycles. The summed E-state index contributed by atoms with van der Waals surface area (Å²) in [5.74, 6) is 0.384. The van der Waals surface area contributed by atoms with Crippen molar-refractivity contribution in [1.29, 1.82) is 0 Å². The number of ether oxygens (including phenoxy) is 2. The van der Waals surface area contributed by atoms with Crippen molar-refractivity contribution >= 4 is 5.97 Å². The van der Waals surface area contributed by atoms with Crippen LogP contribution in [-0.4, -0.2) is 24.8 Å². The third-order valence-electron chi connectivity index (χ3n) is 3.45. The lowest BCUT2D eigenvalue weighted by atomic mass is 9.66. The van der Waals surface area contributed by atoms with Crippen LogP contribution in [0.3, 0.4) is 0 Å². The number of hydrogen-bond acceptors (Lipinski definition) is 3. The molecule has 0 N–H and O–H groups in total. The van der Waals surface area contributed by atoms with E-state index in [4.69, 9.17) is 9.47 Å². The molecule has 0 unspecified atom stereocenters. The predicted molar refractivity (Wildman–Crippen MR) is 67.7 cm³/mol. The molecule has 1 fully saturated rings. The number of carbonyl (C=O) groups excluding carboxylic acids is 1. The van der Waals surface area contributed by atoms with Gasteiger partial charge < -0.3 is 9.47 Å². The first-order valence-corrected chi connectivity index (χ1v) is 6.57. The van der Waals surface area contributed by atoms with E-state index in [-0.39, 0.29) is 29.5 Å². The summed E-state index contributed by atoms with van der Waals surface area (Å²) in [7, 11) is 0. The third kappa shape index (κ3) is 3.44. The van der Waals surface area contributed by atoms with E-state index in [9.17, 15) is 4.79 Å². The number of hydrogen-bond donors (Lipinski definition) is 0. The third-order valence-corrected chi connectivity index (χ3v) is 3.45. The lowest BCUT2D eigenvalue weighted by molar-refractivity contribution is -0.207. The van der Waals surface area contributed by atoms with Crippen LogP contribution in [0.4, 0.5) is 0 Å². The second-order valence-corrected chi connectivity index (χ2v) is 6.35. The number of rotatable bonds is 5. The van der Waals surface area contributed by atoms with Gasteiger partial charge >= 0.3 is 5.97 Å². The van der Waals surface area contributed by atoms with E-state index >= 15 is 0 Å². The second kappa shape index (κ2) is 5.38. The van der Waals surface area contributed by atoms with Crippen molar-refractivity contribution in [3.8, 4) is 0 Å². The summed E-state index contributed by atoms with van der Waals surface area (Å²) in [6.07, 6.45) is 1.06. The molecule has 0 amide bonds. The Morgan fingerprint density at radius 2 is 1.82 bits per heavy atom. The van der Waals surface area contributed by atoms with Crippen molar-refractivity contribution in [2.24, 2.45) is 17.3 Å². The van der Waals surface area contributed by atoms with Gasteiger partial charge in [-0.2, -0.15) is 0 Å². The molecule has 0 aromatic heterocycles. The Labute approximate surface area is 105 Å². The van der Waals surface area contributed by atoms with Gasteiger partial charge in [-0.1, -0.05) is 41.5 Å². The molecule has 0 aliphatic heterocycles. The molecule has 17 heavy (non-hydrogen) atoms. The molecule has 0 aromatic rings. The average molecular weight is 242 g/mol. The van der Waals surface area contributed by atoms with Crippen molar-refractivity contribution in [2.45, 2.75) is 60.2 Å². The maximum Gasteiger partial charge on any atom is 0.308 e. The highest BCUT2D eigenvalue weighted by Gasteiger charge is 2.51. The Morgan fingerprint density at radius 1 is 1.24 bits per heavy atom. The van der Waals surface area contributed by atoms with Crippen molar-refractivity contribution < 1.29 is 14.3 Å². The molecule has 0 radical (unpaired) electrons. The van der Waals surface area contributed by atoms with Gasteiger partial charge in [-0.25, -0.2) is 0 Å². The van der Waals surface area contributed by atoms with E-state index < -0.39 is 0 Å². The molecule has 2 atom stereocenters. The Morgan fingerprint density at radius 3 is 2.24 bits per heavy atom. The normalized spacial score (nSPS) is 27.1. The highest BCUT2D eigenvalue weighted by molar-refractivity contribution is 5.71. The molecule has 100 valence electrons. The summed E-state index contributed by atoms with van der Waals surface area (Å²) in [6, 6.07) is 0. The minimum absolute atomic E-state index is 0.00885. The van der Waals surface area contributed by atoms with Crippen molar-refractivity contribution in [3.05, 3.63) is 0 Å². The van der Waals surface area contributed by atoms with Crippen LogP contribution >= 0.6 is 0 Å². The molecule has 0 heterocycles. The molecule has 0 spiro atoms. The second-order valence-electron chi connectivity index (χ2n) is 6.35. The summed E-state index contributed by atoms with van der Waals surface area (Å²) < 4.78 is 11.3. The average Bonchev–Trinajstić information content (AvgIpc) is 2.21. The fourth-order valence-electron chi connectivity index (χ4n) is 1.92. The predicted octanol–water partition coefficient (Wildman–Crippen LogP) is 3.03. The first kappa shape index (κ1) is 14.5. The molecule has 1 rings (SSSR count). The summed E-state index contributed by atoms with van der Waals surface area (Å²) in [5, 5.41) is 0. The summed E-state index contributed by atoms with van der Waals surface area (Å²) >= 11 is 0. The van der Waals surface area contributed by atoms with Gasteiger partial charge in [0.05, 0.1) is 12.0 Å². The van der Waals surface area contributed by atoms with Crippen LogP contribution in [0.1, 0.15) is 48.0 Å². The monoisotopic (exact) mass is 242 g/mol. The minimum Gasteiger partial charge on any atom is -0.461 e. The molecule has 0 aromatic carbocycles. The van der Waals surface area contributed by atoms with Gasteiger partial charge in [-0.05, 0) is 5.92 Å². The van der Waals surface area contributed by atoms with E-state index in [0.29, 0.717) is 5.92 Å². The van der Waals surface area contributed by atoms with Crippen molar-refractivity contribution in [2.75, 3.05) is 6.61 Å². The van der Waals surface area contributed by atoms with Crippen LogP contribution < -0.4 is 0 Å². The zero-order chi connectivity index (χ0) is 13.2. The van der Waals surface area contributed by atoms with E-state index in [1.807, 2.05) is 13.8 Å². The van der Waals surface area contributed by atoms with E-state index in [1.165, 1.54) is 0 Å². The van der Waals surface area contributed by atoms with Crippen LogP contribution in [-0.2, 0) is 14.3 Å². The molecule has 1 saturated carbocycles. The molecule has 3 nitrogen and oxygen atoms in total. The fraction of sp³-hybridized carbons (Fsp3) is 0.929. The zero-order valence-electron chi connectivity index (χ0n) is 11.9. The van der Waals surface area contributed by atoms with E-state index in [2.05, 4.69) is 27.7 Å². The Bertz CT molecular complexity index is 269. The maximum absolute atomic E-state index is 11.5. The summed E-state index contributed by atoms with van der Waals surface area (Å²) in [4.78, 5) is 11.5. The smallest absolute Gasteiger partial charge is 0.308 e. The van der Waals surface area contributed by atoms with Crippen LogP contribution in [0.5, 0.6) is 0 Å². The molecule has 1 aliphatic carbocycles.